The number of furan rings is 1. The van der Waals surface area contributed by atoms with Gasteiger partial charge in [0.05, 0.1) is 22.2 Å². The van der Waals surface area contributed by atoms with Gasteiger partial charge in [-0.15, -0.1) is 0 Å². The molecule has 1 aromatic heterocycles. The maximum atomic E-state index is 10.4. The Bertz CT molecular complexity index is 413. The van der Waals surface area contributed by atoms with Crippen molar-refractivity contribution in [2.45, 2.75) is 44.6 Å². The molecule has 1 unspecified atom stereocenters. The van der Waals surface area contributed by atoms with Crippen molar-refractivity contribution >= 4 is 15.9 Å². The number of nitrogens with zero attached hydrogens (tertiary/aromatic N) is 1. The van der Waals surface area contributed by atoms with Crippen LogP contribution in [-0.2, 0) is 0 Å². The molecule has 3 nitrogen and oxygen atoms in total. The monoisotopic (exact) mass is 297 g/mol. The van der Waals surface area contributed by atoms with Gasteiger partial charge < -0.3 is 9.52 Å². The summed E-state index contributed by atoms with van der Waals surface area (Å²) in [6, 6.07) is 4.09. The molecule has 0 bridgehead atoms. The zero-order valence-corrected chi connectivity index (χ0v) is 11.2. The Kier molecular flexibility index (Phi) is 3.90. The molecule has 1 aromatic rings. The lowest BCUT2D eigenvalue weighted by Crippen LogP contribution is -2.26. The third-order valence-corrected chi connectivity index (χ3v) is 4.29. The molecule has 17 heavy (non-hydrogen) atoms. The minimum Gasteiger partial charge on any atom is -0.465 e. The van der Waals surface area contributed by atoms with E-state index in [9.17, 15) is 10.4 Å². The van der Waals surface area contributed by atoms with E-state index in [1.165, 1.54) is 6.26 Å². The maximum Gasteiger partial charge on any atom is 0.148 e. The summed E-state index contributed by atoms with van der Waals surface area (Å²) in [5.74, 6) is 0.480. The summed E-state index contributed by atoms with van der Waals surface area (Å²) in [5.41, 5.74) is -0.684. The van der Waals surface area contributed by atoms with Crippen molar-refractivity contribution in [3.8, 4) is 6.07 Å². The Morgan fingerprint density at radius 2 is 2.00 bits per heavy atom. The molecule has 92 valence electrons. The van der Waals surface area contributed by atoms with Gasteiger partial charge >= 0.3 is 0 Å². The van der Waals surface area contributed by atoms with E-state index in [1.54, 1.807) is 6.07 Å². The van der Waals surface area contributed by atoms with E-state index >= 15 is 0 Å². The van der Waals surface area contributed by atoms with Crippen molar-refractivity contribution in [2.24, 2.45) is 5.41 Å². The van der Waals surface area contributed by atoms with E-state index in [0.29, 0.717) is 5.76 Å². The lowest BCUT2D eigenvalue weighted by Gasteiger charge is -2.29. The molecule has 1 saturated carbocycles. The van der Waals surface area contributed by atoms with E-state index in [2.05, 4.69) is 22.0 Å². The summed E-state index contributed by atoms with van der Waals surface area (Å²) in [6.07, 6.45) is 6.49. The molecule has 0 saturated heterocycles. The number of hydrogen-bond acceptors (Lipinski definition) is 3. The highest BCUT2D eigenvalue weighted by molar-refractivity contribution is 9.10. The average Bonchev–Trinajstić information content (AvgIpc) is 2.64. The summed E-state index contributed by atoms with van der Waals surface area (Å²) < 4.78 is 6.04. The zero-order valence-electron chi connectivity index (χ0n) is 9.66. The fraction of sp³-hybridized carbons (Fsp3) is 0.615. The van der Waals surface area contributed by atoms with E-state index < -0.39 is 11.5 Å². The average molecular weight is 298 g/mol. The largest absolute Gasteiger partial charge is 0.465 e. The molecule has 0 spiro atoms. The van der Waals surface area contributed by atoms with Crippen LogP contribution in [0.4, 0.5) is 0 Å². The molecule has 4 heteroatoms. The SMILES string of the molecule is N#CC1(C(O)c2occc2Br)CCCCCC1. The fourth-order valence-corrected chi connectivity index (χ4v) is 2.98. The minimum atomic E-state index is -0.838. The van der Waals surface area contributed by atoms with Crippen LogP contribution >= 0.6 is 15.9 Å². The molecular weight excluding hydrogens is 282 g/mol. The van der Waals surface area contributed by atoms with Gasteiger partial charge in [-0.2, -0.15) is 5.26 Å². The molecule has 1 fully saturated rings. The summed E-state index contributed by atoms with van der Waals surface area (Å²) in [6.45, 7) is 0. The molecule has 1 aliphatic carbocycles. The van der Waals surface area contributed by atoms with Gasteiger partial charge in [0.2, 0.25) is 0 Å². The molecule has 0 aliphatic heterocycles. The van der Waals surface area contributed by atoms with Gasteiger partial charge in [-0.1, -0.05) is 25.7 Å². The van der Waals surface area contributed by atoms with Crippen molar-refractivity contribution in [1.29, 1.82) is 5.26 Å². The Hall–Kier alpha value is -0.790. The normalized spacial score (nSPS) is 21.5. The number of halogens is 1. The number of aliphatic hydroxyl groups is 1. The van der Waals surface area contributed by atoms with Gasteiger partial charge in [0.25, 0.3) is 0 Å². The van der Waals surface area contributed by atoms with Crippen molar-refractivity contribution in [1.82, 2.24) is 0 Å². The van der Waals surface area contributed by atoms with Gasteiger partial charge in [0.15, 0.2) is 0 Å². The number of rotatable bonds is 2. The lowest BCUT2D eigenvalue weighted by molar-refractivity contribution is 0.0330. The highest BCUT2D eigenvalue weighted by Gasteiger charge is 2.41. The third kappa shape index (κ3) is 2.41. The topological polar surface area (TPSA) is 57.2 Å². The van der Waals surface area contributed by atoms with E-state index in [4.69, 9.17) is 4.42 Å². The smallest absolute Gasteiger partial charge is 0.148 e. The van der Waals surface area contributed by atoms with Crippen LogP contribution in [0, 0.1) is 16.7 Å². The second-order valence-electron chi connectivity index (χ2n) is 4.72. The first-order valence-corrected chi connectivity index (χ1v) is 6.81. The Labute approximate surface area is 110 Å². The molecule has 2 rings (SSSR count). The molecule has 1 atom stereocenters. The first-order valence-electron chi connectivity index (χ1n) is 6.02. The summed E-state index contributed by atoms with van der Waals surface area (Å²) in [4.78, 5) is 0. The van der Waals surface area contributed by atoms with Crippen LogP contribution in [0.15, 0.2) is 21.2 Å². The minimum absolute atomic E-state index is 0.480. The Morgan fingerprint density at radius 3 is 2.47 bits per heavy atom. The van der Waals surface area contributed by atoms with Crippen LogP contribution in [0.2, 0.25) is 0 Å². The predicted molar refractivity (Wildman–Crippen MR) is 67.1 cm³/mol. The van der Waals surface area contributed by atoms with E-state index in [1.807, 2.05) is 0 Å². The number of nitriles is 1. The quantitative estimate of drug-likeness (QED) is 0.841. The summed E-state index contributed by atoms with van der Waals surface area (Å²) in [7, 11) is 0. The van der Waals surface area contributed by atoms with Crippen LogP contribution in [0.25, 0.3) is 0 Å². The maximum absolute atomic E-state index is 10.4. The van der Waals surface area contributed by atoms with Crippen molar-refractivity contribution in [3.63, 3.8) is 0 Å². The lowest BCUT2D eigenvalue weighted by atomic mass is 9.76. The Balaban J connectivity index is 2.28. The molecule has 0 radical (unpaired) electrons. The second kappa shape index (κ2) is 5.24. The highest BCUT2D eigenvalue weighted by atomic mass is 79.9. The van der Waals surface area contributed by atoms with Gasteiger partial charge in [0.1, 0.15) is 11.9 Å². The van der Waals surface area contributed by atoms with Crippen LogP contribution in [-0.4, -0.2) is 5.11 Å². The summed E-state index contributed by atoms with van der Waals surface area (Å²) >= 11 is 3.34. The van der Waals surface area contributed by atoms with E-state index in [-0.39, 0.29) is 0 Å². The zero-order chi connectivity index (χ0) is 12.3. The van der Waals surface area contributed by atoms with Crippen LogP contribution in [0.3, 0.4) is 0 Å². The highest BCUT2D eigenvalue weighted by Crippen LogP contribution is 2.46. The van der Waals surface area contributed by atoms with Crippen LogP contribution < -0.4 is 0 Å². The first kappa shape index (κ1) is 12.7. The van der Waals surface area contributed by atoms with Gasteiger partial charge in [0, 0.05) is 0 Å². The molecule has 1 heterocycles. The number of hydrogen-bond donors (Lipinski definition) is 1. The molecule has 1 N–H and O–H groups in total. The van der Waals surface area contributed by atoms with Gasteiger partial charge in [-0.3, -0.25) is 0 Å². The molecule has 0 amide bonds. The second-order valence-corrected chi connectivity index (χ2v) is 5.57. The third-order valence-electron chi connectivity index (χ3n) is 3.63. The molecular formula is C13H16BrNO2. The van der Waals surface area contributed by atoms with Crippen LogP contribution in [0.5, 0.6) is 0 Å². The predicted octanol–water partition coefficient (Wildman–Crippen LogP) is 3.94. The van der Waals surface area contributed by atoms with E-state index in [0.717, 1.165) is 43.0 Å². The first-order chi connectivity index (χ1) is 8.19. The standard InChI is InChI=1S/C13H16BrNO2/c14-10-5-8-17-11(10)12(16)13(9-15)6-3-1-2-4-7-13/h5,8,12,16H,1-4,6-7H2. The fourth-order valence-electron chi connectivity index (χ4n) is 2.56. The Morgan fingerprint density at radius 1 is 1.35 bits per heavy atom. The van der Waals surface area contributed by atoms with Gasteiger partial charge in [-0.25, -0.2) is 0 Å². The van der Waals surface area contributed by atoms with Gasteiger partial charge in [-0.05, 0) is 34.8 Å². The van der Waals surface area contributed by atoms with Crippen LogP contribution in [0.1, 0.15) is 50.4 Å². The molecule has 0 aromatic carbocycles. The summed E-state index contributed by atoms with van der Waals surface area (Å²) in [5, 5.41) is 19.9. The van der Waals surface area contributed by atoms with Crippen molar-refractivity contribution in [2.75, 3.05) is 0 Å². The van der Waals surface area contributed by atoms with Crippen molar-refractivity contribution < 1.29 is 9.52 Å². The van der Waals surface area contributed by atoms with Crippen molar-refractivity contribution in [3.05, 3.63) is 22.6 Å². The molecule has 1 aliphatic rings. The number of aliphatic hydroxyl groups excluding tert-OH is 1.